The maximum atomic E-state index is 14.5. The highest BCUT2D eigenvalue weighted by Crippen LogP contribution is 2.36. The second-order valence-corrected chi connectivity index (χ2v) is 10.1. The molecule has 0 fully saturated rings. The molecule has 4 rings (SSSR count). The van der Waals surface area contributed by atoms with Crippen LogP contribution in [0.4, 0.5) is 4.39 Å². The summed E-state index contributed by atoms with van der Waals surface area (Å²) in [6.07, 6.45) is 2.62. The Kier molecular flexibility index (Phi) is 8.18. The fourth-order valence-electron chi connectivity index (χ4n) is 4.08. The van der Waals surface area contributed by atoms with Crippen molar-refractivity contribution in [2.45, 2.75) is 32.9 Å². The van der Waals surface area contributed by atoms with E-state index in [1.54, 1.807) is 51.1 Å². The lowest BCUT2D eigenvalue weighted by Gasteiger charge is -2.26. The van der Waals surface area contributed by atoms with Crippen molar-refractivity contribution < 1.29 is 23.4 Å². The number of hydrogen-bond acceptors (Lipinski definition) is 7. The summed E-state index contributed by atoms with van der Waals surface area (Å²) in [5, 5.41) is 0.171. The summed E-state index contributed by atoms with van der Waals surface area (Å²) < 4.78 is 32.9. The maximum absolute atomic E-state index is 14.5. The van der Waals surface area contributed by atoms with Gasteiger partial charge in [0.2, 0.25) is 0 Å². The molecule has 1 atom stereocenters. The molecule has 2 aromatic carbocycles. The summed E-state index contributed by atoms with van der Waals surface area (Å²) in [7, 11) is 1.50. The molecule has 1 unspecified atom stereocenters. The summed E-state index contributed by atoms with van der Waals surface area (Å²) in [6, 6.07) is 8.58. The van der Waals surface area contributed by atoms with Crippen molar-refractivity contribution in [1.29, 1.82) is 0 Å². The van der Waals surface area contributed by atoms with Crippen LogP contribution in [0.5, 0.6) is 11.5 Å². The summed E-state index contributed by atoms with van der Waals surface area (Å²) >= 11 is 7.28. The van der Waals surface area contributed by atoms with Crippen LogP contribution >= 0.6 is 22.9 Å². The van der Waals surface area contributed by atoms with E-state index in [9.17, 15) is 14.0 Å². The first kappa shape index (κ1) is 27.3. The smallest absolute Gasteiger partial charge is 0.338 e. The third-order valence-electron chi connectivity index (χ3n) is 5.72. The Balaban J connectivity index is 1.97. The van der Waals surface area contributed by atoms with Crippen LogP contribution in [0, 0.1) is 5.82 Å². The van der Waals surface area contributed by atoms with Crippen LogP contribution in [0.25, 0.3) is 6.08 Å². The summed E-state index contributed by atoms with van der Waals surface area (Å²) in [5.74, 6) is -0.263. The third-order valence-corrected chi connectivity index (χ3v) is 7.03. The molecule has 7 nitrogen and oxygen atoms in total. The highest BCUT2D eigenvalue weighted by molar-refractivity contribution is 7.07. The second kappa shape index (κ2) is 11.4. The Labute approximate surface area is 227 Å². The number of carbonyl (C=O) groups excluding carboxylic acids is 1. The molecule has 0 N–H and O–H groups in total. The SMILES string of the molecule is C=CCOc1ccc(C2C(C(=O)OC(C)C)=C(C)N=c3s/c(=C\c4c(F)cccc4Cl)c(=O)n32)cc1OC. The van der Waals surface area contributed by atoms with Crippen LogP contribution in [0.2, 0.25) is 5.02 Å². The van der Waals surface area contributed by atoms with E-state index in [-0.39, 0.29) is 33.4 Å². The number of allylic oxidation sites excluding steroid dienone is 1. The van der Waals surface area contributed by atoms with E-state index in [0.29, 0.717) is 27.6 Å². The molecule has 10 heteroatoms. The Hall–Kier alpha value is -3.69. The first-order chi connectivity index (χ1) is 18.2. The molecule has 2 heterocycles. The zero-order valence-electron chi connectivity index (χ0n) is 21.3. The first-order valence-corrected chi connectivity index (χ1v) is 12.9. The van der Waals surface area contributed by atoms with Crippen molar-refractivity contribution in [3.05, 3.63) is 102 Å². The largest absolute Gasteiger partial charge is 0.493 e. The van der Waals surface area contributed by atoms with Gasteiger partial charge in [-0.15, -0.1) is 0 Å². The van der Waals surface area contributed by atoms with Crippen LogP contribution in [0.1, 0.15) is 37.9 Å². The zero-order valence-corrected chi connectivity index (χ0v) is 22.9. The Bertz CT molecular complexity index is 1600. The molecule has 198 valence electrons. The van der Waals surface area contributed by atoms with Crippen LogP contribution < -0.4 is 24.4 Å². The Morgan fingerprint density at radius 3 is 2.71 bits per heavy atom. The van der Waals surface area contributed by atoms with Crippen molar-refractivity contribution >= 4 is 35.0 Å². The van der Waals surface area contributed by atoms with Gasteiger partial charge in [-0.2, -0.15) is 0 Å². The average molecular weight is 557 g/mol. The normalized spacial score (nSPS) is 15.2. The average Bonchev–Trinajstić information content (AvgIpc) is 3.17. The number of methoxy groups -OCH3 is 1. The number of rotatable bonds is 8. The fraction of sp³-hybridized carbons (Fsp3) is 0.250. The number of benzene rings is 2. The van der Waals surface area contributed by atoms with Crippen LogP contribution in [-0.4, -0.2) is 30.4 Å². The van der Waals surface area contributed by atoms with Crippen molar-refractivity contribution in [1.82, 2.24) is 4.57 Å². The predicted octanol–water partition coefficient (Wildman–Crippen LogP) is 4.55. The van der Waals surface area contributed by atoms with Crippen molar-refractivity contribution in [2.24, 2.45) is 4.99 Å². The molecule has 0 aliphatic carbocycles. The second-order valence-electron chi connectivity index (χ2n) is 8.68. The predicted molar refractivity (Wildman–Crippen MR) is 145 cm³/mol. The lowest BCUT2D eigenvalue weighted by atomic mass is 9.95. The zero-order chi connectivity index (χ0) is 27.6. The van der Waals surface area contributed by atoms with Crippen LogP contribution in [0.15, 0.2) is 70.1 Å². The number of hydrogen-bond donors (Lipinski definition) is 0. The van der Waals surface area contributed by atoms with Gasteiger partial charge in [0.15, 0.2) is 16.3 Å². The number of nitrogens with zero attached hydrogens (tertiary/aromatic N) is 2. The molecule has 0 spiro atoms. The lowest BCUT2D eigenvalue weighted by molar-refractivity contribution is -0.143. The van der Waals surface area contributed by atoms with Crippen molar-refractivity contribution in [3.8, 4) is 11.5 Å². The minimum absolute atomic E-state index is 0.0940. The first-order valence-electron chi connectivity index (χ1n) is 11.8. The van der Waals surface area contributed by atoms with Crippen LogP contribution in [-0.2, 0) is 9.53 Å². The summed E-state index contributed by atoms with van der Waals surface area (Å²) in [6.45, 7) is 9.10. The Morgan fingerprint density at radius 1 is 1.29 bits per heavy atom. The number of esters is 1. The van der Waals surface area contributed by atoms with E-state index in [4.69, 9.17) is 25.8 Å². The number of ether oxygens (including phenoxy) is 3. The molecule has 0 saturated heterocycles. The maximum Gasteiger partial charge on any atom is 0.338 e. The molecule has 0 amide bonds. The van der Waals surface area contributed by atoms with Gasteiger partial charge < -0.3 is 14.2 Å². The van der Waals surface area contributed by atoms with Gasteiger partial charge in [0, 0.05) is 5.56 Å². The van der Waals surface area contributed by atoms with Gasteiger partial charge in [0.05, 0.1) is 40.1 Å². The number of halogens is 2. The molecule has 1 aromatic heterocycles. The van der Waals surface area contributed by atoms with E-state index >= 15 is 0 Å². The highest BCUT2D eigenvalue weighted by atomic mass is 35.5. The standard InChI is InChI=1S/C28H26ClFN2O5S/c1-6-12-36-21-11-10-17(13-22(21)35-5)25-24(27(34)37-15(2)3)16(4)31-28-32(25)26(33)23(38-28)14-18-19(29)8-7-9-20(18)30/h6-11,13-15,25H,1,12H2,2-5H3/b23-14-. The van der Waals surface area contributed by atoms with E-state index in [1.807, 2.05) is 0 Å². The number of carbonyl (C=O) groups is 1. The topological polar surface area (TPSA) is 79.1 Å². The van der Waals surface area contributed by atoms with Crippen molar-refractivity contribution in [3.63, 3.8) is 0 Å². The van der Waals surface area contributed by atoms with Gasteiger partial charge >= 0.3 is 5.97 Å². The molecule has 0 radical (unpaired) electrons. The van der Waals surface area contributed by atoms with Gasteiger partial charge in [0.1, 0.15) is 12.4 Å². The molecular weight excluding hydrogens is 531 g/mol. The van der Waals surface area contributed by atoms with E-state index < -0.39 is 23.4 Å². The van der Waals surface area contributed by atoms with Gasteiger partial charge in [-0.25, -0.2) is 14.2 Å². The highest BCUT2D eigenvalue weighted by Gasteiger charge is 2.34. The van der Waals surface area contributed by atoms with E-state index in [2.05, 4.69) is 11.6 Å². The summed E-state index contributed by atoms with van der Waals surface area (Å²) in [4.78, 5) is 31.9. The molecule has 0 saturated carbocycles. The fourth-order valence-corrected chi connectivity index (χ4v) is 5.32. The van der Waals surface area contributed by atoms with Gasteiger partial charge in [0.25, 0.3) is 5.56 Å². The molecule has 1 aliphatic rings. The van der Waals surface area contributed by atoms with Gasteiger partial charge in [-0.05, 0) is 56.7 Å². The molecule has 3 aromatic rings. The quantitative estimate of drug-likeness (QED) is 0.300. The van der Waals surface area contributed by atoms with E-state index in [1.165, 1.54) is 29.9 Å². The minimum Gasteiger partial charge on any atom is -0.493 e. The van der Waals surface area contributed by atoms with Gasteiger partial charge in [-0.1, -0.05) is 47.7 Å². The van der Waals surface area contributed by atoms with Crippen LogP contribution in [0.3, 0.4) is 0 Å². The monoisotopic (exact) mass is 556 g/mol. The molecular formula is C28H26ClFN2O5S. The number of aromatic nitrogens is 1. The van der Waals surface area contributed by atoms with Gasteiger partial charge in [-0.3, -0.25) is 9.36 Å². The number of fused-ring (bicyclic) bond motifs is 1. The van der Waals surface area contributed by atoms with Crippen molar-refractivity contribution in [2.75, 3.05) is 13.7 Å². The summed E-state index contributed by atoms with van der Waals surface area (Å²) in [5.41, 5.74) is 0.837. The van der Waals surface area contributed by atoms with E-state index in [0.717, 1.165) is 11.3 Å². The lowest BCUT2D eigenvalue weighted by Crippen LogP contribution is -2.40. The molecule has 38 heavy (non-hydrogen) atoms. The third kappa shape index (κ3) is 5.30. The molecule has 1 aliphatic heterocycles. The Morgan fingerprint density at radius 2 is 2.05 bits per heavy atom. The minimum atomic E-state index is -0.877. The number of thiazole rings is 1. The molecule has 0 bridgehead atoms.